The van der Waals surface area contributed by atoms with Gasteiger partial charge in [-0.1, -0.05) is 48.5 Å². The van der Waals surface area contributed by atoms with Crippen LogP contribution >= 0.6 is 11.8 Å². The fraction of sp³-hybridized carbons (Fsp3) is 0.300. The highest BCUT2D eigenvalue weighted by atomic mass is 32.2. The predicted octanol–water partition coefficient (Wildman–Crippen LogP) is 3.93. The summed E-state index contributed by atoms with van der Waals surface area (Å²) in [6.07, 6.45) is 0. The third-order valence-corrected chi connectivity index (χ3v) is 5.15. The first-order valence-electron chi connectivity index (χ1n) is 8.23. The molecular weight excluding hydrogens is 332 g/mol. The summed E-state index contributed by atoms with van der Waals surface area (Å²) in [6, 6.07) is 17.7. The molecule has 2 aromatic rings. The highest BCUT2D eigenvalue weighted by Crippen LogP contribution is 2.21. The van der Waals surface area contributed by atoms with Crippen LogP contribution in [-0.4, -0.2) is 29.0 Å². The summed E-state index contributed by atoms with van der Waals surface area (Å²) in [6.45, 7) is 3.91. The summed E-state index contributed by atoms with van der Waals surface area (Å²) < 4.78 is 0. The van der Waals surface area contributed by atoms with Crippen molar-refractivity contribution >= 4 is 29.3 Å². The molecule has 5 heteroatoms. The van der Waals surface area contributed by atoms with E-state index in [4.69, 9.17) is 0 Å². The minimum Gasteiger partial charge on any atom is -0.342 e. The molecular formula is C20H24N2O2S. The first-order chi connectivity index (χ1) is 12.0. The Balaban J connectivity index is 1.96. The van der Waals surface area contributed by atoms with E-state index in [-0.39, 0.29) is 17.1 Å². The molecule has 0 aromatic heterocycles. The van der Waals surface area contributed by atoms with E-state index in [1.54, 1.807) is 23.7 Å². The van der Waals surface area contributed by atoms with Gasteiger partial charge in [0.2, 0.25) is 11.8 Å². The van der Waals surface area contributed by atoms with Crippen LogP contribution in [0.1, 0.15) is 25.0 Å². The number of rotatable bonds is 7. The Bertz CT molecular complexity index is 719. The number of carbonyl (C=O) groups excluding carboxylic acids is 2. The summed E-state index contributed by atoms with van der Waals surface area (Å²) in [5.74, 6) is 0.760. The molecule has 1 N–H and O–H groups in total. The lowest BCUT2D eigenvalue weighted by Crippen LogP contribution is -2.26. The van der Waals surface area contributed by atoms with E-state index in [2.05, 4.69) is 17.4 Å². The fourth-order valence-electron chi connectivity index (χ4n) is 2.25. The van der Waals surface area contributed by atoms with Gasteiger partial charge in [-0.3, -0.25) is 9.59 Å². The quantitative estimate of drug-likeness (QED) is 0.818. The number of anilines is 1. The van der Waals surface area contributed by atoms with E-state index in [0.29, 0.717) is 6.54 Å². The molecule has 0 aliphatic rings. The van der Waals surface area contributed by atoms with Crippen molar-refractivity contribution in [2.45, 2.75) is 31.4 Å². The van der Waals surface area contributed by atoms with Gasteiger partial charge >= 0.3 is 0 Å². The van der Waals surface area contributed by atoms with Gasteiger partial charge in [0.25, 0.3) is 0 Å². The summed E-state index contributed by atoms with van der Waals surface area (Å²) >= 11 is 1.60. The highest BCUT2D eigenvalue weighted by Gasteiger charge is 2.16. The summed E-state index contributed by atoms with van der Waals surface area (Å²) in [7, 11) is 1.75. The minimum absolute atomic E-state index is 0.00656. The van der Waals surface area contributed by atoms with Gasteiger partial charge in [0.15, 0.2) is 0 Å². The lowest BCUT2D eigenvalue weighted by Gasteiger charge is -2.19. The van der Waals surface area contributed by atoms with Crippen molar-refractivity contribution in [3.63, 3.8) is 0 Å². The van der Waals surface area contributed by atoms with Crippen molar-refractivity contribution in [1.82, 2.24) is 4.90 Å². The predicted molar refractivity (Wildman–Crippen MR) is 104 cm³/mol. The second-order valence-corrected chi connectivity index (χ2v) is 7.29. The number of hydrogen-bond acceptors (Lipinski definition) is 3. The number of nitrogens with one attached hydrogen (secondary N) is 1. The molecule has 0 aliphatic heterocycles. The average molecular weight is 356 g/mol. The smallest absolute Gasteiger partial charge is 0.237 e. The molecule has 0 spiro atoms. The van der Waals surface area contributed by atoms with Crippen LogP contribution in [0.5, 0.6) is 0 Å². The Morgan fingerprint density at radius 2 is 1.72 bits per heavy atom. The zero-order valence-electron chi connectivity index (χ0n) is 14.9. The molecule has 2 aromatic carbocycles. The molecule has 0 bridgehead atoms. The van der Waals surface area contributed by atoms with E-state index in [0.717, 1.165) is 17.0 Å². The third kappa shape index (κ3) is 5.94. The lowest BCUT2D eigenvalue weighted by molar-refractivity contribution is -0.128. The molecule has 25 heavy (non-hydrogen) atoms. The van der Waals surface area contributed by atoms with E-state index in [9.17, 15) is 9.59 Å². The highest BCUT2D eigenvalue weighted by molar-refractivity contribution is 7.99. The van der Waals surface area contributed by atoms with Crippen LogP contribution in [0.4, 0.5) is 5.69 Å². The molecule has 2 amide bonds. The maximum atomic E-state index is 12.5. The van der Waals surface area contributed by atoms with Crippen molar-refractivity contribution in [3.8, 4) is 0 Å². The number of benzene rings is 2. The zero-order chi connectivity index (χ0) is 18.2. The van der Waals surface area contributed by atoms with Crippen LogP contribution in [0.25, 0.3) is 0 Å². The normalized spacial score (nSPS) is 11.6. The van der Waals surface area contributed by atoms with Crippen molar-refractivity contribution in [2.75, 3.05) is 12.4 Å². The van der Waals surface area contributed by atoms with Gasteiger partial charge in [-0.2, -0.15) is 0 Å². The lowest BCUT2D eigenvalue weighted by atomic mass is 10.1. The van der Waals surface area contributed by atoms with Crippen LogP contribution in [0.3, 0.4) is 0 Å². The van der Waals surface area contributed by atoms with Crippen LogP contribution in [0, 0.1) is 0 Å². The van der Waals surface area contributed by atoms with E-state index in [1.807, 2.05) is 49.4 Å². The average Bonchev–Trinajstić information content (AvgIpc) is 2.62. The van der Waals surface area contributed by atoms with Crippen LogP contribution in [0.15, 0.2) is 54.6 Å². The summed E-state index contributed by atoms with van der Waals surface area (Å²) in [5, 5.41) is 2.83. The number of hydrogen-bond donors (Lipinski definition) is 1. The Morgan fingerprint density at radius 3 is 2.40 bits per heavy atom. The minimum atomic E-state index is -0.168. The monoisotopic (exact) mass is 356 g/mol. The summed E-state index contributed by atoms with van der Waals surface area (Å²) in [5.41, 5.74) is 2.89. The molecule has 4 nitrogen and oxygen atoms in total. The van der Waals surface area contributed by atoms with Gasteiger partial charge < -0.3 is 10.2 Å². The molecule has 2 rings (SSSR count). The van der Waals surface area contributed by atoms with Crippen LogP contribution < -0.4 is 5.32 Å². The SMILES string of the molecule is CC(=O)N(C)Cc1ccccc1NC(=O)[C@@H](C)SCc1ccccc1. The first-order valence-corrected chi connectivity index (χ1v) is 9.28. The number of carbonyl (C=O) groups is 2. The Labute approximate surface area is 153 Å². The number of para-hydroxylation sites is 1. The van der Waals surface area contributed by atoms with Crippen molar-refractivity contribution in [3.05, 3.63) is 65.7 Å². The van der Waals surface area contributed by atoms with Crippen molar-refractivity contribution in [2.24, 2.45) is 0 Å². The van der Waals surface area contributed by atoms with E-state index >= 15 is 0 Å². The van der Waals surface area contributed by atoms with Gasteiger partial charge in [0.1, 0.15) is 0 Å². The van der Waals surface area contributed by atoms with Gasteiger partial charge in [-0.05, 0) is 24.1 Å². The maximum absolute atomic E-state index is 12.5. The fourth-order valence-corrected chi connectivity index (χ4v) is 3.10. The molecule has 0 heterocycles. The Kier molecular flexibility index (Phi) is 7.07. The van der Waals surface area contributed by atoms with Crippen molar-refractivity contribution < 1.29 is 9.59 Å². The van der Waals surface area contributed by atoms with Gasteiger partial charge in [-0.25, -0.2) is 0 Å². The first kappa shape index (κ1) is 19.1. The molecule has 0 radical (unpaired) electrons. The zero-order valence-corrected chi connectivity index (χ0v) is 15.7. The number of thioether (sulfide) groups is 1. The van der Waals surface area contributed by atoms with Crippen LogP contribution in [0.2, 0.25) is 0 Å². The number of nitrogens with zero attached hydrogens (tertiary/aromatic N) is 1. The van der Waals surface area contributed by atoms with E-state index in [1.165, 1.54) is 12.5 Å². The van der Waals surface area contributed by atoms with Crippen LogP contribution in [-0.2, 0) is 21.9 Å². The third-order valence-electron chi connectivity index (χ3n) is 3.93. The molecule has 0 aliphatic carbocycles. The maximum Gasteiger partial charge on any atom is 0.237 e. The molecule has 132 valence electrons. The Hall–Kier alpha value is -2.27. The number of amides is 2. The largest absolute Gasteiger partial charge is 0.342 e. The molecule has 0 fully saturated rings. The second kappa shape index (κ2) is 9.28. The van der Waals surface area contributed by atoms with Gasteiger partial charge in [0, 0.05) is 32.0 Å². The summed E-state index contributed by atoms with van der Waals surface area (Å²) in [4.78, 5) is 25.6. The standard InChI is InChI=1S/C20H24N2O2S/c1-15(25-14-17-9-5-4-6-10-17)20(24)21-19-12-8-7-11-18(19)13-22(3)16(2)23/h4-12,15H,13-14H2,1-3H3,(H,21,24)/t15-/m1/s1. The molecule has 0 saturated carbocycles. The molecule has 0 unspecified atom stereocenters. The second-order valence-electron chi connectivity index (χ2n) is 5.96. The van der Waals surface area contributed by atoms with Gasteiger partial charge in [-0.15, -0.1) is 11.8 Å². The van der Waals surface area contributed by atoms with E-state index < -0.39 is 0 Å². The molecule has 0 saturated heterocycles. The van der Waals surface area contributed by atoms with Crippen molar-refractivity contribution in [1.29, 1.82) is 0 Å². The molecule has 1 atom stereocenters. The Morgan fingerprint density at radius 1 is 1.08 bits per heavy atom. The topological polar surface area (TPSA) is 49.4 Å². The van der Waals surface area contributed by atoms with Gasteiger partial charge in [0.05, 0.1) is 5.25 Å².